The Morgan fingerprint density at radius 2 is 2.39 bits per heavy atom. The van der Waals surface area contributed by atoms with Crippen LogP contribution in [0.1, 0.15) is 33.8 Å². The number of likely N-dealkylation sites (tertiary alicyclic amines) is 1. The minimum atomic E-state index is -0.233. The van der Waals surface area contributed by atoms with Crippen LogP contribution in [0, 0.1) is 5.82 Å². The summed E-state index contributed by atoms with van der Waals surface area (Å²) in [5, 5.41) is 0. The van der Waals surface area contributed by atoms with Gasteiger partial charge in [-0.1, -0.05) is 12.1 Å². The topological polar surface area (TPSA) is 42.4 Å². The number of rotatable bonds is 5. The molecule has 0 bridgehead atoms. The van der Waals surface area contributed by atoms with Crippen LogP contribution in [0.15, 0.2) is 29.8 Å². The van der Waals surface area contributed by atoms with Gasteiger partial charge in [0.2, 0.25) is 0 Å². The third kappa shape index (κ3) is 3.59. The van der Waals surface area contributed by atoms with Gasteiger partial charge in [-0.2, -0.15) is 0 Å². The molecule has 2 heterocycles. The van der Waals surface area contributed by atoms with Gasteiger partial charge in [-0.15, -0.1) is 11.3 Å². The number of amides is 1. The second kappa shape index (κ2) is 7.19. The fourth-order valence-corrected chi connectivity index (χ4v) is 3.82. The molecule has 1 aromatic heterocycles. The van der Waals surface area contributed by atoms with Gasteiger partial charge >= 0.3 is 0 Å². The summed E-state index contributed by atoms with van der Waals surface area (Å²) in [6, 6.07) is 6.72. The average Bonchev–Trinajstić information content (AvgIpc) is 3.16. The first-order valence-corrected chi connectivity index (χ1v) is 8.53. The van der Waals surface area contributed by atoms with Crippen molar-refractivity contribution in [2.75, 3.05) is 13.7 Å². The van der Waals surface area contributed by atoms with E-state index in [0.29, 0.717) is 23.6 Å². The van der Waals surface area contributed by atoms with E-state index in [1.165, 1.54) is 17.4 Å². The summed E-state index contributed by atoms with van der Waals surface area (Å²) in [6.07, 6.45) is 2.60. The summed E-state index contributed by atoms with van der Waals surface area (Å²) >= 11 is 1.35. The van der Waals surface area contributed by atoms with Crippen molar-refractivity contribution in [3.63, 3.8) is 0 Å². The molecular weight excluding hydrogens is 315 g/mol. The first-order chi connectivity index (χ1) is 11.2. The Morgan fingerprint density at radius 3 is 3.17 bits per heavy atom. The minimum absolute atomic E-state index is 0.0125. The first-order valence-electron chi connectivity index (χ1n) is 7.65. The predicted molar refractivity (Wildman–Crippen MR) is 87.0 cm³/mol. The van der Waals surface area contributed by atoms with Crippen molar-refractivity contribution < 1.29 is 13.9 Å². The Kier molecular flexibility index (Phi) is 5.03. The Balaban J connectivity index is 1.75. The van der Waals surface area contributed by atoms with Gasteiger partial charge in [0.15, 0.2) is 0 Å². The van der Waals surface area contributed by atoms with Crippen molar-refractivity contribution in [2.24, 2.45) is 0 Å². The molecule has 1 unspecified atom stereocenters. The zero-order valence-corrected chi connectivity index (χ0v) is 13.8. The molecule has 1 aliphatic heterocycles. The Bertz CT molecular complexity index is 689. The Labute approximate surface area is 138 Å². The number of carbonyl (C=O) groups excluding carboxylic acids is 1. The van der Waals surface area contributed by atoms with Gasteiger partial charge in [0.1, 0.15) is 10.7 Å². The summed E-state index contributed by atoms with van der Waals surface area (Å²) in [6.45, 7) is 1.08. The molecule has 1 aromatic carbocycles. The zero-order valence-electron chi connectivity index (χ0n) is 13.0. The van der Waals surface area contributed by atoms with Crippen molar-refractivity contribution in [3.8, 4) is 0 Å². The van der Waals surface area contributed by atoms with Crippen LogP contribution in [0.4, 0.5) is 4.39 Å². The van der Waals surface area contributed by atoms with Crippen molar-refractivity contribution in [1.29, 1.82) is 0 Å². The highest BCUT2D eigenvalue weighted by Crippen LogP contribution is 2.26. The summed E-state index contributed by atoms with van der Waals surface area (Å²) < 4.78 is 18.5. The van der Waals surface area contributed by atoms with E-state index in [1.54, 1.807) is 24.8 Å². The molecule has 23 heavy (non-hydrogen) atoms. The number of nitrogens with zero attached hydrogens (tertiary/aromatic N) is 2. The van der Waals surface area contributed by atoms with Gasteiger partial charge in [0, 0.05) is 19.7 Å². The monoisotopic (exact) mass is 334 g/mol. The van der Waals surface area contributed by atoms with Gasteiger partial charge in [-0.05, 0) is 37.0 Å². The van der Waals surface area contributed by atoms with Crippen LogP contribution in [0.5, 0.6) is 0 Å². The predicted octanol–water partition coefficient (Wildman–Crippen LogP) is 3.28. The molecule has 1 amide bonds. The van der Waals surface area contributed by atoms with Crippen LogP contribution in [-0.2, 0) is 17.8 Å². The SMILES string of the molecule is COCc1ncsc1C(=O)N1CCCC1Cc1cccc(F)c1. The number of hydrogen-bond donors (Lipinski definition) is 0. The fraction of sp³-hybridized carbons (Fsp3) is 0.412. The summed E-state index contributed by atoms with van der Waals surface area (Å²) in [4.78, 5) is 19.6. The molecular formula is C17H19FN2O2S. The summed E-state index contributed by atoms with van der Waals surface area (Å²) in [7, 11) is 1.59. The lowest BCUT2D eigenvalue weighted by molar-refractivity contribution is 0.0736. The number of hydrogen-bond acceptors (Lipinski definition) is 4. The van der Waals surface area contributed by atoms with Crippen molar-refractivity contribution in [2.45, 2.75) is 31.9 Å². The van der Waals surface area contributed by atoms with E-state index in [1.807, 2.05) is 11.0 Å². The number of thiazole rings is 1. The van der Waals surface area contributed by atoms with Crippen molar-refractivity contribution in [3.05, 3.63) is 51.7 Å². The second-order valence-electron chi connectivity index (χ2n) is 5.69. The molecule has 3 rings (SSSR count). The molecule has 0 spiro atoms. The number of carbonyl (C=O) groups is 1. The summed E-state index contributed by atoms with van der Waals surface area (Å²) in [5.74, 6) is -0.221. The number of aromatic nitrogens is 1. The standard InChI is InChI=1S/C17H19FN2O2S/c1-22-10-15-16(23-11-19-15)17(21)20-7-3-6-14(20)9-12-4-2-5-13(18)8-12/h2,4-5,8,11,14H,3,6-7,9-10H2,1H3. The third-order valence-electron chi connectivity index (χ3n) is 4.11. The fourth-order valence-electron chi connectivity index (χ4n) is 3.06. The maximum Gasteiger partial charge on any atom is 0.266 e. The lowest BCUT2D eigenvalue weighted by Crippen LogP contribution is -2.36. The van der Waals surface area contributed by atoms with Crippen molar-refractivity contribution in [1.82, 2.24) is 9.88 Å². The van der Waals surface area contributed by atoms with Crippen LogP contribution in [-0.4, -0.2) is 35.5 Å². The zero-order chi connectivity index (χ0) is 16.2. The van der Waals surface area contributed by atoms with Gasteiger partial charge in [-0.25, -0.2) is 9.37 Å². The van der Waals surface area contributed by atoms with E-state index in [9.17, 15) is 9.18 Å². The highest BCUT2D eigenvalue weighted by molar-refractivity contribution is 7.11. The van der Waals surface area contributed by atoms with E-state index >= 15 is 0 Å². The quantitative estimate of drug-likeness (QED) is 0.843. The smallest absolute Gasteiger partial charge is 0.266 e. The van der Waals surface area contributed by atoms with Crippen LogP contribution in [0.2, 0.25) is 0 Å². The molecule has 1 fully saturated rings. The minimum Gasteiger partial charge on any atom is -0.378 e. The number of benzene rings is 1. The van der Waals surface area contributed by atoms with Crippen LogP contribution >= 0.6 is 11.3 Å². The molecule has 1 saturated heterocycles. The molecule has 1 aliphatic rings. The largest absolute Gasteiger partial charge is 0.378 e. The van der Waals surface area contributed by atoms with E-state index in [-0.39, 0.29) is 17.8 Å². The molecule has 6 heteroatoms. The van der Waals surface area contributed by atoms with E-state index < -0.39 is 0 Å². The van der Waals surface area contributed by atoms with Crippen LogP contribution in [0.25, 0.3) is 0 Å². The van der Waals surface area contributed by atoms with E-state index in [0.717, 1.165) is 24.9 Å². The maximum absolute atomic E-state index is 13.4. The molecule has 4 nitrogen and oxygen atoms in total. The second-order valence-corrected chi connectivity index (χ2v) is 6.54. The highest BCUT2D eigenvalue weighted by atomic mass is 32.1. The normalized spacial score (nSPS) is 17.7. The van der Waals surface area contributed by atoms with Gasteiger partial charge < -0.3 is 9.64 Å². The Morgan fingerprint density at radius 1 is 1.52 bits per heavy atom. The molecule has 122 valence electrons. The van der Waals surface area contributed by atoms with Gasteiger partial charge in [-0.3, -0.25) is 4.79 Å². The Hall–Kier alpha value is -1.79. The third-order valence-corrected chi connectivity index (χ3v) is 4.97. The molecule has 1 atom stereocenters. The molecule has 0 saturated carbocycles. The van der Waals surface area contributed by atoms with Gasteiger partial charge in [0.05, 0.1) is 17.8 Å². The number of halogens is 1. The van der Waals surface area contributed by atoms with Crippen LogP contribution < -0.4 is 0 Å². The molecule has 0 radical (unpaired) electrons. The van der Waals surface area contributed by atoms with Crippen LogP contribution in [0.3, 0.4) is 0 Å². The van der Waals surface area contributed by atoms with E-state index in [2.05, 4.69) is 4.98 Å². The van der Waals surface area contributed by atoms with E-state index in [4.69, 9.17) is 4.74 Å². The number of ether oxygens (including phenoxy) is 1. The lowest BCUT2D eigenvalue weighted by atomic mass is 10.0. The maximum atomic E-state index is 13.4. The van der Waals surface area contributed by atoms with Gasteiger partial charge in [0.25, 0.3) is 5.91 Å². The average molecular weight is 334 g/mol. The highest BCUT2D eigenvalue weighted by Gasteiger charge is 2.31. The first kappa shape index (κ1) is 16.1. The molecule has 0 N–H and O–H groups in total. The summed E-state index contributed by atoms with van der Waals surface area (Å²) in [5.41, 5.74) is 3.30. The lowest BCUT2D eigenvalue weighted by Gasteiger charge is -2.24. The molecule has 0 aliphatic carbocycles. The van der Waals surface area contributed by atoms with Crippen molar-refractivity contribution >= 4 is 17.2 Å². The number of methoxy groups -OCH3 is 1. The molecule has 2 aromatic rings.